The van der Waals surface area contributed by atoms with Gasteiger partial charge in [0.2, 0.25) is 10.0 Å². The lowest BCUT2D eigenvalue weighted by atomic mass is 10.3. The van der Waals surface area contributed by atoms with Crippen LogP contribution in [0.25, 0.3) is 0 Å². The lowest BCUT2D eigenvalue weighted by molar-refractivity contribution is 0.429. The van der Waals surface area contributed by atoms with Gasteiger partial charge in [-0.15, -0.1) is 11.8 Å². The van der Waals surface area contributed by atoms with Crippen LogP contribution in [0.2, 0.25) is 0 Å². The minimum absolute atomic E-state index is 0.207. The number of hydrogen-bond donors (Lipinski definition) is 0. The molecule has 66 valence electrons. The van der Waals surface area contributed by atoms with Crippen molar-refractivity contribution in [3.8, 4) is 0 Å². The van der Waals surface area contributed by atoms with Crippen molar-refractivity contribution in [3.63, 3.8) is 0 Å². The largest absolute Gasteiger partial charge is 0.226 e. The van der Waals surface area contributed by atoms with E-state index in [1.165, 1.54) is 16.1 Å². The molecule has 0 saturated carbocycles. The minimum atomic E-state index is -2.96. The van der Waals surface area contributed by atoms with Crippen LogP contribution in [0.3, 0.4) is 0 Å². The number of thioether (sulfide) groups is 1. The molecule has 1 aliphatic heterocycles. The molecule has 5 heteroatoms. The predicted molar refractivity (Wildman–Crippen MR) is 48.1 cm³/mol. The SMILES string of the molecule is CSC1CCCN(C)S1(=O)=O. The summed E-state index contributed by atoms with van der Waals surface area (Å²) < 4.78 is 24.1. The maximum absolute atomic E-state index is 11.4. The van der Waals surface area contributed by atoms with E-state index in [-0.39, 0.29) is 4.58 Å². The number of hydrogen-bond acceptors (Lipinski definition) is 3. The van der Waals surface area contributed by atoms with Crippen LogP contribution >= 0.6 is 11.8 Å². The summed E-state index contributed by atoms with van der Waals surface area (Å²) in [6.07, 6.45) is 3.64. The van der Waals surface area contributed by atoms with Crippen LogP contribution in [0, 0.1) is 0 Å². The molecule has 0 aromatic carbocycles. The molecule has 0 spiro atoms. The van der Waals surface area contributed by atoms with Gasteiger partial charge < -0.3 is 0 Å². The van der Waals surface area contributed by atoms with Crippen molar-refractivity contribution >= 4 is 21.8 Å². The van der Waals surface area contributed by atoms with E-state index in [1.54, 1.807) is 7.05 Å². The highest BCUT2D eigenvalue weighted by Gasteiger charge is 2.32. The van der Waals surface area contributed by atoms with Gasteiger partial charge in [0.05, 0.1) is 0 Å². The minimum Gasteiger partial charge on any atom is -0.211 e. The summed E-state index contributed by atoms with van der Waals surface area (Å²) in [4.78, 5) is 0. The molecule has 1 rings (SSSR count). The Balaban J connectivity index is 2.82. The zero-order valence-corrected chi connectivity index (χ0v) is 8.41. The van der Waals surface area contributed by atoms with Gasteiger partial charge >= 0.3 is 0 Å². The molecule has 3 nitrogen and oxygen atoms in total. The van der Waals surface area contributed by atoms with Gasteiger partial charge in [-0.3, -0.25) is 0 Å². The van der Waals surface area contributed by atoms with Gasteiger partial charge in [0, 0.05) is 13.6 Å². The topological polar surface area (TPSA) is 37.4 Å². The standard InChI is InChI=1S/C6H13NO2S2/c1-7-5-3-4-6(10-2)11(7,8)9/h6H,3-5H2,1-2H3. The van der Waals surface area contributed by atoms with Crippen LogP contribution in [0.4, 0.5) is 0 Å². The van der Waals surface area contributed by atoms with E-state index in [0.717, 1.165) is 12.8 Å². The summed E-state index contributed by atoms with van der Waals surface area (Å²) in [7, 11) is -1.31. The van der Waals surface area contributed by atoms with Crippen LogP contribution < -0.4 is 0 Å². The maximum atomic E-state index is 11.4. The van der Waals surface area contributed by atoms with Crippen molar-refractivity contribution in [2.24, 2.45) is 0 Å². The number of nitrogens with zero attached hydrogens (tertiary/aromatic N) is 1. The smallest absolute Gasteiger partial charge is 0.211 e. The molecule has 0 aromatic heterocycles. The highest BCUT2D eigenvalue weighted by molar-refractivity contribution is 8.12. The fourth-order valence-corrected chi connectivity index (χ4v) is 4.26. The van der Waals surface area contributed by atoms with Gasteiger partial charge in [0.1, 0.15) is 4.58 Å². The molecule has 11 heavy (non-hydrogen) atoms. The van der Waals surface area contributed by atoms with Crippen molar-refractivity contribution in [3.05, 3.63) is 0 Å². The van der Waals surface area contributed by atoms with Crippen molar-refractivity contribution in [2.75, 3.05) is 19.8 Å². The van der Waals surface area contributed by atoms with Gasteiger partial charge in [0.15, 0.2) is 0 Å². The molecular formula is C6H13NO2S2. The summed E-state index contributed by atoms with van der Waals surface area (Å²) in [5.74, 6) is 0. The van der Waals surface area contributed by atoms with Crippen LogP contribution in [-0.4, -0.2) is 37.2 Å². The molecule has 1 saturated heterocycles. The van der Waals surface area contributed by atoms with Crippen LogP contribution in [0.15, 0.2) is 0 Å². The molecule has 1 fully saturated rings. The van der Waals surface area contributed by atoms with Crippen LogP contribution in [-0.2, 0) is 10.0 Å². The highest BCUT2D eigenvalue weighted by atomic mass is 32.3. The second-order valence-electron chi connectivity index (χ2n) is 2.67. The quantitative estimate of drug-likeness (QED) is 0.619. The fraction of sp³-hybridized carbons (Fsp3) is 1.00. The van der Waals surface area contributed by atoms with E-state index in [4.69, 9.17) is 0 Å². The summed E-state index contributed by atoms with van der Waals surface area (Å²) in [6.45, 7) is 0.680. The normalized spacial score (nSPS) is 32.0. The summed E-state index contributed by atoms with van der Waals surface area (Å²) in [5.41, 5.74) is 0. The van der Waals surface area contributed by atoms with Gasteiger partial charge in [0.25, 0.3) is 0 Å². The first-order chi connectivity index (χ1) is 5.09. The van der Waals surface area contributed by atoms with E-state index < -0.39 is 10.0 Å². The molecule has 0 bridgehead atoms. The van der Waals surface area contributed by atoms with E-state index in [9.17, 15) is 8.42 Å². The van der Waals surface area contributed by atoms with Crippen molar-refractivity contribution in [1.82, 2.24) is 4.31 Å². The van der Waals surface area contributed by atoms with Gasteiger partial charge in [-0.2, -0.15) is 0 Å². The zero-order chi connectivity index (χ0) is 8.48. The number of sulfonamides is 1. The molecule has 0 N–H and O–H groups in total. The Morgan fingerprint density at radius 2 is 2.18 bits per heavy atom. The summed E-state index contributed by atoms with van der Waals surface area (Å²) in [6, 6.07) is 0. The Hall–Kier alpha value is 0.260. The molecule has 0 aromatic rings. The molecule has 1 aliphatic rings. The molecule has 1 unspecified atom stereocenters. The van der Waals surface area contributed by atoms with E-state index in [2.05, 4.69) is 0 Å². The van der Waals surface area contributed by atoms with Gasteiger partial charge in [-0.1, -0.05) is 0 Å². The molecular weight excluding hydrogens is 182 g/mol. The van der Waals surface area contributed by atoms with E-state index in [0.29, 0.717) is 6.54 Å². The third-order valence-electron chi connectivity index (χ3n) is 1.94. The van der Waals surface area contributed by atoms with E-state index >= 15 is 0 Å². The zero-order valence-electron chi connectivity index (χ0n) is 6.78. The average Bonchev–Trinajstić information content (AvgIpc) is 1.95. The molecule has 0 aliphatic carbocycles. The highest BCUT2D eigenvalue weighted by Crippen LogP contribution is 2.26. The Morgan fingerprint density at radius 1 is 1.55 bits per heavy atom. The Bertz CT molecular complexity index is 225. The maximum Gasteiger partial charge on any atom is 0.226 e. The Kier molecular flexibility index (Phi) is 2.83. The second-order valence-corrected chi connectivity index (χ2v) is 6.24. The Morgan fingerprint density at radius 3 is 2.64 bits per heavy atom. The molecule has 0 amide bonds. The lowest BCUT2D eigenvalue weighted by Gasteiger charge is -2.28. The first-order valence-corrected chi connectivity index (χ1v) is 6.36. The van der Waals surface area contributed by atoms with E-state index in [1.807, 2.05) is 6.26 Å². The van der Waals surface area contributed by atoms with Crippen molar-refractivity contribution in [1.29, 1.82) is 0 Å². The fourth-order valence-electron chi connectivity index (χ4n) is 1.20. The summed E-state index contributed by atoms with van der Waals surface area (Å²) >= 11 is 1.43. The monoisotopic (exact) mass is 195 g/mol. The third-order valence-corrected chi connectivity index (χ3v) is 5.96. The van der Waals surface area contributed by atoms with Gasteiger partial charge in [-0.05, 0) is 19.1 Å². The first-order valence-electron chi connectivity index (χ1n) is 3.57. The molecule has 1 atom stereocenters. The third kappa shape index (κ3) is 1.71. The average molecular weight is 195 g/mol. The van der Waals surface area contributed by atoms with Crippen LogP contribution in [0.1, 0.15) is 12.8 Å². The molecule has 1 heterocycles. The van der Waals surface area contributed by atoms with Crippen molar-refractivity contribution in [2.45, 2.75) is 17.4 Å². The van der Waals surface area contributed by atoms with Gasteiger partial charge in [-0.25, -0.2) is 12.7 Å². The summed E-state index contributed by atoms with van der Waals surface area (Å²) in [5, 5.41) is 0. The van der Waals surface area contributed by atoms with Crippen molar-refractivity contribution < 1.29 is 8.42 Å². The predicted octanol–water partition coefficient (Wildman–Crippen LogP) is 0.731. The Labute approximate surface area is 72.2 Å². The lowest BCUT2D eigenvalue weighted by Crippen LogP contribution is -2.39. The molecule has 0 radical (unpaired) electrons. The van der Waals surface area contributed by atoms with Crippen LogP contribution in [0.5, 0.6) is 0 Å². The number of rotatable bonds is 1. The second kappa shape index (κ2) is 3.33. The first kappa shape index (κ1) is 9.35.